The number of nitrogens with two attached hydrogens (primary N) is 1. The van der Waals surface area contributed by atoms with E-state index in [0.717, 1.165) is 25.3 Å². The molecule has 1 fully saturated rings. The van der Waals surface area contributed by atoms with Crippen molar-refractivity contribution >= 4 is 15.9 Å². The van der Waals surface area contributed by atoms with Gasteiger partial charge in [-0.1, -0.05) is 28.4 Å². The molecule has 0 aliphatic heterocycles. The van der Waals surface area contributed by atoms with Gasteiger partial charge in [-0.2, -0.15) is 13.2 Å². The summed E-state index contributed by atoms with van der Waals surface area (Å²) in [5, 5.41) is 0. The van der Waals surface area contributed by atoms with Crippen molar-refractivity contribution in [3.8, 4) is 0 Å². The van der Waals surface area contributed by atoms with Gasteiger partial charge in [-0.05, 0) is 36.5 Å². The summed E-state index contributed by atoms with van der Waals surface area (Å²) in [6.07, 6.45) is -1.43. The highest BCUT2D eigenvalue weighted by atomic mass is 79.9. The summed E-state index contributed by atoms with van der Waals surface area (Å²) >= 11 is 3.07. The first kappa shape index (κ1) is 12.9. The average Bonchev–Trinajstić information content (AvgIpc) is 2.13. The summed E-state index contributed by atoms with van der Waals surface area (Å²) in [6.45, 7) is 0. The lowest BCUT2D eigenvalue weighted by Crippen LogP contribution is -2.29. The van der Waals surface area contributed by atoms with E-state index in [4.69, 9.17) is 5.73 Å². The molecular formula is C12H13BrF3N. The van der Waals surface area contributed by atoms with E-state index in [1.54, 1.807) is 6.07 Å². The van der Waals surface area contributed by atoms with Crippen LogP contribution in [0.3, 0.4) is 0 Å². The van der Waals surface area contributed by atoms with Gasteiger partial charge in [0.1, 0.15) is 0 Å². The van der Waals surface area contributed by atoms with Crippen LogP contribution in [0, 0.1) is 5.92 Å². The van der Waals surface area contributed by atoms with Gasteiger partial charge < -0.3 is 5.73 Å². The Labute approximate surface area is 106 Å². The largest absolute Gasteiger partial charge is 0.416 e. The van der Waals surface area contributed by atoms with Gasteiger partial charge in [-0.25, -0.2) is 0 Å². The van der Waals surface area contributed by atoms with Crippen molar-refractivity contribution in [2.24, 2.45) is 11.7 Å². The highest BCUT2D eigenvalue weighted by Crippen LogP contribution is 2.42. The van der Waals surface area contributed by atoms with Gasteiger partial charge in [0, 0.05) is 10.5 Å². The molecule has 5 heteroatoms. The first-order chi connectivity index (χ1) is 7.89. The molecule has 17 heavy (non-hydrogen) atoms. The van der Waals surface area contributed by atoms with Gasteiger partial charge in [0.15, 0.2) is 0 Å². The number of benzene rings is 1. The zero-order valence-corrected chi connectivity index (χ0v) is 10.7. The van der Waals surface area contributed by atoms with Crippen LogP contribution in [0.1, 0.15) is 36.4 Å². The molecule has 1 atom stereocenters. The maximum Gasteiger partial charge on any atom is 0.416 e. The molecule has 1 saturated carbocycles. The van der Waals surface area contributed by atoms with Gasteiger partial charge in [0.25, 0.3) is 0 Å². The first-order valence-electron chi connectivity index (χ1n) is 5.52. The molecule has 1 nitrogen and oxygen atoms in total. The van der Waals surface area contributed by atoms with Crippen molar-refractivity contribution in [3.05, 3.63) is 33.8 Å². The number of hydrogen-bond donors (Lipinski definition) is 1. The van der Waals surface area contributed by atoms with Crippen LogP contribution in [0.25, 0.3) is 0 Å². The maximum absolute atomic E-state index is 12.9. The molecule has 0 spiro atoms. The molecule has 0 saturated heterocycles. The molecule has 1 aliphatic rings. The highest BCUT2D eigenvalue weighted by Gasteiger charge is 2.37. The average molecular weight is 308 g/mol. The number of rotatable bonds is 2. The second-order valence-corrected chi connectivity index (χ2v) is 5.36. The Hall–Kier alpha value is -0.550. The van der Waals surface area contributed by atoms with Crippen LogP contribution < -0.4 is 5.73 Å². The smallest absolute Gasteiger partial charge is 0.324 e. The SMILES string of the molecule is NC(c1ccc(Br)cc1C(F)(F)F)C1CCC1. The molecule has 1 aromatic rings. The monoisotopic (exact) mass is 307 g/mol. The van der Waals surface area contributed by atoms with Crippen molar-refractivity contribution in [3.63, 3.8) is 0 Å². The van der Waals surface area contributed by atoms with Crippen molar-refractivity contribution in [1.82, 2.24) is 0 Å². The third-order valence-corrected chi connectivity index (χ3v) is 3.83. The van der Waals surface area contributed by atoms with Gasteiger partial charge >= 0.3 is 6.18 Å². The molecular weight excluding hydrogens is 295 g/mol. The van der Waals surface area contributed by atoms with Gasteiger partial charge in [-0.3, -0.25) is 0 Å². The third-order valence-electron chi connectivity index (χ3n) is 3.34. The van der Waals surface area contributed by atoms with E-state index in [0.29, 0.717) is 4.47 Å². The van der Waals surface area contributed by atoms with E-state index in [1.807, 2.05) is 0 Å². The van der Waals surface area contributed by atoms with Crippen LogP contribution in [0.4, 0.5) is 13.2 Å². The Kier molecular flexibility index (Phi) is 3.50. The maximum atomic E-state index is 12.9. The van der Waals surface area contributed by atoms with Crippen molar-refractivity contribution in [1.29, 1.82) is 0 Å². The van der Waals surface area contributed by atoms with Gasteiger partial charge in [-0.15, -0.1) is 0 Å². The quantitative estimate of drug-likeness (QED) is 0.867. The number of alkyl halides is 3. The van der Waals surface area contributed by atoms with Crippen molar-refractivity contribution < 1.29 is 13.2 Å². The lowest BCUT2D eigenvalue weighted by molar-refractivity contribution is -0.138. The van der Waals surface area contributed by atoms with Crippen molar-refractivity contribution in [2.75, 3.05) is 0 Å². The fraction of sp³-hybridized carbons (Fsp3) is 0.500. The number of hydrogen-bond acceptors (Lipinski definition) is 1. The summed E-state index contributed by atoms with van der Waals surface area (Å²) in [5.74, 6) is 0.192. The summed E-state index contributed by atoms with van der Waals surface area (Å²) in [5.41, 5.74) is 5.53. The Morgan fingerprint density at radius 2 is 1.94 bits per heavy atom. The normalized spacial score (nSPS) is 18.9. The summed E-state index contributed by atoms with van der Waals surface area (Å²) in [4.78, 5) is 0. The van der Waals surface area contributed by atoms with Crippen molar-refractivity contribution in [2.45, 2.75) is 31.5 Å². The predicted molar refractivity (Wildman–Crippen MR) is 63.4 cm³/mol. The molecule has 1 aromatic carbocycles. The lowest BCUT2D eigenvalue weighted by atomic mass is 9.76. The molecule has 0 bridgehead atoms. The minimum Gasteiger partial charge on any atom is -0.324 e. The third kappa shape index (κ3) is 2.65. The van der Waals surface area contributed by atoms with E-state index in [2.05, 4.69) is 15.9 Å². The molecule has 2 N–H and O–H groups in total. The van der Waals surface area contributed by atoms with E-state index >= 15 is 0 Å². The van der Waals surface area contributed by atoms with E-state index in [-0.39, 0.29) is 11.5 Å². The molecule has 2 rings (SSSR count). The van der Waals surface area contributed by atoms with Crippen LogP contribution in [0.15, 0.2) is 22.7 Å². The van der Waals surface area contributed by atoms with Crippen LogP contribution in [-0.2, 0) is 6.18 Å². The Balaban J connectivity index is 2.38. The molecule has 1 unspecified atom stereocenters. The fourth-order valence-electron chi connectivity index (χ4n) is 2.12. The molecule has 0 radical (unpaired) electrons. The van der Waals surface area contributed by atoms with Crippen LogP contribution in [-0.4, -0.2) is 0 Å². The second kappa shape index (κ2) is 4.61. The van der Waals surface area contributed by atoms with Crippen LogP contribution in [0.2, 0.25) is 0 Å². The Morgan fingerprint density at radius 3 is 2.41 bits per heavy atom. The first-order valence-corrected chi connectivity index (χ1v) is 6.31. The Bertz CT molecular complexity index is 413. The zero-order valence-electron chi connectivity index (χ0n) is 9.10. The second-order valence-electron chi connectivity index (χ2n) is 4.45. The fourth-order valence-corrected chi connectivity index (χ4v) is 2.48. The zero-order chi connectivity index (χ0) is 12.6. The lowest BCUT2D eigenvalue weighted by Gasteiger charge is -2.32. The molecule has 0 aromatic heterocycles. The van der Waals surface area contributed by atoms with Gasteiger partial charge in [0.05, 0.1) is 5.56 Å². The molecule has 0 heterocycles. The van der Waals surface area contributed by atoms with E-state index in [9.17, 15) is 13.2 Å². The summed E-state index contributed by atoms with van der Waals surface area (Å²) in [7, 11) is 0. The predicted octanol–water partition coefficient (Wildman–Crippen LogP) is 4.27. The highest BCUT2D eigenvalue weighted by molar-refractivity contribution is 9.10. The topological polar surface area (TPSA) is 26.0 Å². The van der Waals surface area contributed by atoms with Gasteiger partial charge in [0.2, 0.25) is 0 Å². The summed E-state index contributed by atoms with van der Waals surface area (Å²) in [6, 6.07) is 3.70. The minimum absolute atomic E-state index is 0.192. The molecule has 1 aliphatic carbocycles. The van der Waals surface area contributed by atoms with Crippen LogP contribution in [0.5, 0.6) is 0 Å². The van der Waals surface area contributed by atoms with E-state index in [1.165, 1.54) is 6.07 Å². The number of halogens is 4. The molecule has 0 amide bonds. The molecule has 94 valence electrons. The Morgan fingerprint density at radius 1 is 1.29 bits per heavy atom. The summed E-state index contributed by atoms with van der Waals surface area (Å²) < 4.78 is 39.1. The van der Waals surface area contributed by atoms with Crippen LogP contribution >= 0.6 is 15.9 Å². The van der Waals surface area contributed by atoms with E-state index < -0.39 is 17.8 Å². The standard InChI is InChI=1S/C12H13BrF3N/c13-8-4-5-9(10(6-8)12(14,15)16)11(17)7-2-1-3-7/h4-7,11H,1-3,17H2. The minimum atomic E-state index is -4.35.